The average molecular weight is 276 g/mol. The first-order valence-corrected chi connectivity index (χ1v) is 7.89. The monoisotopic (exact) mass is 276 g/mol. The molecule has 0 aromatic carbocycles. The van der Waals surface area contributed by atoms with Gasteiger partial charge in [-0.1, -0.05) is 6.42 Å². The SMILES string of the molecule is O=S(=O)(NN1CCCCC1)c1ccc(CO)s1. The lowest BCUT2D eigenvalue weighted by Gasteiger charge is -2.26. The van der Waals surface area contributed by atoms with Crippen LogP contribution in [-0.2, 0) is 16.6 Å². The van der Waals surface area contributed by atoms with Gasteiger partial charge in [0.2, 0.25) is 0 Å². The van der Waals surface area contributed by atoms with Crippen LogP contribution in [0.25, 0.3) is 0 Å². The Morgan fingerprint density at radius 2 is 2.00 bits per heavy atom. The Labute approximate surface area is 105 Å². The van der Waals surface area contributed by atoms with Crippen molar-refractivity contribution in [2.75, 3.05) is 13.1 Å². The van der Waals surface area contributed by atoms with Gasteiger partial charge in [0.15, 0.2) is 0 Å². The molecule has 0 saturated carbocycles. The molecule has 5 nitrogen and oxygen atoms in total. The molecule has 2 N–H and O–H groups in total. The molecule has 1 aromatic heterocycles. The fourth-order valence-electron chi connectivity index (χ4n) is 1.79. The van der Waals surface area contributed by atoms with E-state index in [-0.39, 0.29) is 10.8 Å². The maximum atomic E-state index is 12.0. The lowest BCUT2D eigenvalue weighted by atomic mass is 10.2. The molecule has 0 atom stereocenters. The molecule has 2 rings (SSSR count). The van der Waals surface area contributed by atoms with Crippen molar-refractivity contribution in [2.24, 2.45) is 0 Å². The Morgan fingerprint density at radius 3 is 2.59 bits per heavy atom. The van der Waals surface area contributed by atoms with Crippen molar-refractivity contribution < 1.29 is 13.5 Å². The molecule has 0 spiro atoms. The summed E-state index contributed by atoms with van der Waals surface area (Å²) in [4.78, 5) is 3.24. The third kappa shape index (κ3) is 3.26. The molecular weight excluding hydrogens is 260 g/mol. The summed E-state index contributed by atoms with van der Waals surface area (Å²) in [6.07, 6.45) is 3.20. The van der Waals surface area contributed by atoms with Crippen molar-refractivity contribution in [3.05, 3.63) is 17.0 Å². The van der Waals surface area contributed by atoms with Crippen LogP contribution >= 0.6 is 11.3 Å². The summed E-state index contributed by atoms with van der Waals surface area (Å²) in [5.74, 6) is 0. The van der Waals surface area contributed by atoms with Crippen LogP contribution in [0.3, 0.4) is 0 Å². The van der Waals surface area contributed by atoms with Crippen molar-refractivity contribution >= 4 is 21.4 Å². The molecule has 0 aliphatic carbocycles. The van der Waals surface area contributed by atoms with E-state index in [1.165, 1.54) is 6.07 Å². The zero-order valence-corrected chi connectivity index (χ0v) is 11.1. The highest BCUT2D eigenvalue weighted by Crippen LogP contribution is 2.21. The summed E-state index contributed by atoms with van der Waals surface area (Å²) in [5.41, 5.74) is 0. The van der Waals surface area contributed by atoms with E-state index >= 15 is 0 Å². The van der Waals surface area contributed by atoms with Gasteiger partial charge in [-0.2, -0.15) is 0 Å². The number of hydrazine groups is 1. The van der Waals surface area contributed by atoms with E-state index in [0.29, 0.717) is 4.88 Å². The maximum Gasteiger partial charge on any atom is 0.262 e. The molecule has 0 unspecified atom stereocenters. The lowest BCUT2D eigenvalue weighted by molar-refractivity contribution is 0.200. The average Bonchev–Trinajstić information content (AvgIpc) is 2.79. The van der Waals surface area contributed by atoms with Gasteiger partial charge in [0.1, 0.15) is 4.21 Å². The predicted molar refractivity (Wildman–Crippen MR) is 66.0 cm³/mol. The van der Waals surface area contributed by atoms with Gasteiger partial charge in [-0.05, 0) is 25.0 Å². The highest BCUT2D eigenvalue weighted by molar-refractivity contribution is 7.91. The van der Waals surface area contributed by atoms with Gasteiger partial charge < -0.3 is 5.11 Å². The second-order valence-electron chi connectivity index (χ2n) is 4.02. The minimum atomic E-state index is -3.47. The number of aliphatic hydroxyl groups excluding tert-OH is 1. The number of nitrogens with zero attached hydrogens (tertiary/aromatic N) is 1. The molecule has 1 saturated heterocycles. The van der Waals surface area contributed by atoms with E-state index in [9.17, 15) is 8.42 Å². The van der Waals surface area contributed by atoms with Crippen LogP contribution in [0.4, 0.5) is 0 Å². The molecule has 7 heteroatoms. The first-order chi connectivity index (χ1) is 8.12. The molecule has 1 fully saturated rings. The van der Waals surface area contributed by atoms with Crippen LogP contribution < -0.4 is 4.83 Å². The second kappa shape index (κ2) is 5.45. The number of aliphatic hydroxyl groups is 1. The summed E-state index contributed by atoms with van der Waals surface area (Å²) in [7, 11) is -3.47. The van der Waals surface area contributed by atoms with Crippen molar-refractivity contribution in [1.82, 2.24) is 9.84 Å². The summed E-state index contributed by atoms with van der Waals surface area (Å²) < 4.78 is 24.3. The van der Waals surface area contributed by atoms with Crippen LogP contribution in [0.5, 0.6) is 0 Å². The molecule has 96 valence electrons. The number of hydrogen-bond acceptors (Lipinski definition) is 5. The molecule has 0 radical (unpaired) electrons. The van der Waals surface area contributed by atoms with Crippen molar-refractivity contribution in [1.29, 1.82) is 0 Å². The quantitative estimate of drug-likeness (QED) is 0.858. The molecule has 0 amide bonds. The summed E-state index contributed by atoms with van der Waals surface area (Å²) in [5, 5.41) is 10.7. The summed E-state index contributed by atoms with van der Waals surface area (Å²) in [6, 6.07) is 3.16. The molecule has 17 heavy (non-hydrogen) atoms. The van der Waals surface area contributed by atoms with Crippen LogP contribution in [0.2, 0.25) is 0 Å². The normalized spacial score (nSPS) is 18.4. The van der Waals surface area contributed by atoms with Gasteiger partial charge in [-0.3, -0.25) is 0 Å². The standard InChI is InChI=1S/C10H16N2O3S2/c13-8-9-4-5-10(16-9)17(14,15)11-12-6-2-1-3-7-12/h4-5,11,13H,1-3,6-8H2. The van der Waals surface area contributed by atoms with E-state index in [1.54, 1.807) is 11.1 Å². The van der Waals surface area contributed by atoms with Gasteiger partial charge in [0.25, 0.3) is 10.0 Å². The third-order valence-corrected chi connectivity index (χ3v) is 5.60. The topological polar surface area (TPSA) is 69.6 Å². The van der Waals surface area contributed by atoms with E-state index in [1.807, 2.05) is 0 Å². The van der Waals surface area contributed by atoms with Crippen LogP contribution in [0, 0.1) is 0 Å². The van der Waals surface area contributed by atoms with E-state index < -0.39 is 10.0 Å². The highest BCUT2D eigenvalue weighted by atomic mass is 32.2. The summed E-state index contributed by atoms with van der Waals surface area (Å²) in [6.45, 7) is 1.40. The second-order valence-corrected chi connectivity index (χ2v) is 7.08. The molecule has 1 aliphatic rings. The Bertz CT molecular complexity index is 464. The van der Waals surface area contributed by atoms with E-state index in [4.69, 9.17) is 5.11 Å². The van der Waals surface area contributed by atoms with Gasteiger partial charge in [-0.15, -0.1) is 16.2 Å². The zero-order valence-electron chi connectivity index (χ0n) is 9.42. The molecule has 0 bridgehead atoms. The lowest BCUT2D eigenvalue weighted by Crippen LogP contribution is -2.44. The number of piperidine rings is 1. The van der Waals surface area contributed by atoms with Crippen LogP contribution in [-0.4, -0.2) is 31.6 Å². The fraction of sp³-hybridized carbons (Fsp3) is 0.600. The summed E-state index contributed by atoms with van der Waals surface area (Å²) >= 11 is 1.10. The number of thiophene rings is 1. The van der Waals surface area contributed by atoms with Crippen LogP contribution in [0.1, 0.15) is 24.1 Å². The number of hydrogen-bond donors (Lipinski definition) is 2. The highest BCUT2D eigenvalue weighted by Gasteiger charge is 2.21. The first-order valence-electron chi connectivity index (χ1n) is 5.59. The fourth-order valence-corrected chi connectivity index (χ4v) is 4.11. The Kier molecular flexibility index (Phi) is 4.16. The number of rotatable bonds is 4. The van der Waals surface area contributed by atoms with E-state index in [0.717, 1.165) is 43.7 Å². The first kappa shape index (κ1) is 13.0. The zero-order chi connectivity index (χ0) is 12.3. The van der Waals surface area contributed by atoms with Crippen LogP contribution in [0.15, 0.2) is 16.3 Å². The molecule has 1 aliphatic heterocycles. The number of sulfonamides is 1. The smallest absolute Gasteiger partial charge is 0.262 e. The minimum Gasteiger partial charge on any atom is -0.391 e. The molecule has 1 aromatic rings. The van der Waals surface area contributed by atoms with E-state index in [2.05, 4.69) is 4.83 Å². The minimum absolute atomic E-state index is 0.121. The van der Waals surface area contributed by atoms with Gasteiger partial charge >= 0.3 is 0 Å². The molecule has 2 heterocycles. The Hall–Kier alpha value is -0.470. The van der Waals surface area contributed by atoms with Gasteiger partial charge in [0, 0.05) is 18.0 Å². The Morgan fingerprint density at radius 1 is 1.29 bits per heavy atom. The largest absolute Gasteiger partial charge is 0.391 e. The Balaban J connectivity index is 2.07. The third-order valence-electron chi connectivity index (χ3n) is 2.66. The number of nitrogens with one attached hydrogen (secondary N) is 1. The van der Waals surface area contributed by atoms with Gasteiger partial charge in [-0.25, -0.2) is 13.4 Å². The van der Waals surface area contributed by atoms with Crippen molar-refractivity contribution in [3.63, 3.8) is 0 Å². The predicted octanol–water partition coefficient (Wildman–Crippen LogP) is 0.920. The van der Waals surface area contributed by atoms with Crippen molar-refractivity contribution in [2.45, 2.75) is 30.1 Å². The van der Waals surface area contributed by atoms with Crippen molar-refractivity contribution in [3.8, 4) is 0 Å². The molecular formula is C10H16N2O3S2. The maximum absolute atomic E-state index is 12.0. The van der Waals surface area contributed by atoms with Gasteiger partial charge in [0.05, 0.1) is 6.61 Å².